The van der Waals surface area contributed by atoms with Crippen LogP contribution in [0.5, 0.6) is 23.0 Å². The van der Waals surface area contributed by atoms with E-state index in [1.165, 1.54) is 30.4 Å². The van der Waals surface area contributed by atoms with Crippen molar-refractivity contribution in [3.63, 3.8) is 0 Å². The molecule has 1 aliphatic rings. The molecule has 2 heterocycles. The van der Waals surface area contributed by atoms with Crippen LogP contribution in [0.15, 0.2) is 42.6 Å². The number of aryl methyl sites for hydroxylation is 1. The lowest BCUT2D eigenvalue weighted by Crippen LogP contribution is -2.29. The number of rotatable bonds is 6. The summed E-state index contributed by atoms with van der Waals surface area (Å²) in [5.74, 6) is 2.98. The lowest BCUT2D eigenvalue weighted by atomic mass is 10.1. The lowest BCUT2D eigenvalue weighted by Gasteiger charge is -2.27. The third kappa shape index (κ3) is 4.30. The van der Waals surface area contributed by atoms with Gasteiger partial charge in [-0.15, -0.1) is 0 Å². The fourth-order valence-corrected chi connectivity index (χ4v) is 3.94. The first kappa shape index (κ1) is 19.5. The largest absolute Gasteiger partial charge is 0.493 e. The second-order valence-corrected chi connectivity index (χ2v) is 7.58. The second-order valence-electron chi connectivity index (χ2n) is 7.58. The van der Waals surface area contributed by atoms with E-state index >= 15 is 0 Å². The quantitative estimate of drug-likeness (QED) is 0.567. The molecular weight excluding hydrogens is 364 g/mol. The SMILES string of the molecule is COc1cc2nccc(Oc3ccc(C)cc3CN3CCCCC3)c2cc1OC. The van der Waals surface area contributed by atoms with Crippen molar-refractivity contribution in [2.75, 3.05) is 27.3 Å². The van der Waals surface area contributed by atoms with Crippen molar-refractivity contribution < 1.29 is 14.2 Å². The standard InChI is InChI=1S/C24H28N2O3/c1-17-7-8-21(18(13-17)16-26-11-5-4-6-12-26)29-22-9-10-25-20-15-24(28-3)23(27-2)14-19(20)22/h7-10,13-15H,4-6,11-12,16H2,1-3H3. The van der Waals surface area contributed by atoms with E-state index in [9.17, 15) is 0 Å². The minimum atomic E-state index is 0.658. The summed E-state index contributed by atoms with van der Waals surface area (Å²) in [4.78, 5) is 6.99. The zero-order valence-electron chi connectivity index (χ0n) is 17.4. The zero-order chi connectivity index (χ0) is 20.2. The topological polar surface area (TPSA) is 43.8 Å². The average molecular weight is 392 g/mol. The first-order chi connectivity index (χ1) is 14.2. The van der Waals surface area contributed by atoms with E-state index in [4.69, 9.17) is 14.2 Å². The van der Waals surface area contributed by atoms with Gasteiger partial charge >= 0.3 is 0 Å². The molecule has 0 amide bonds. The predicted octanol–water partition coefficient (Wildman–Crippen LogP) is 5.34. The number of hydrogen-bond acceptors (Lipinski definition) is 5. The highest BCUT2D eigenvalue weighted by molar-refractivity contribution is 5.88. The Hall–Kier alpha value is -2.79. The molecule has 5 nitrogen and oxygen atoms in total. The van der Waals surface area contributed by atoms with Gasteiger partial charge in [-0.05, 0) is 51.1 Å². The summed E-state index contributed by atoms with van der Waals surface area (Å²) in [6, 6.07) is 12.1. The number of piperidine rings is 1. The van der Waals surface area contributed by atoms with Crippen LogP contribution in [0.2, 0.25) is 0 Å². The van der Waals surface area contributed by atoms with Crippen LogP contribution in [-0.2, 0) is 6.54 Å². The van der Waals surface area contributed by atoms with Crippen molar-refractivity contribution in [1.82, 2.24) is 9.88 Å². The van der Waals surface area contributed by atoms with E-state index in [0.717, 1.165) is 42.0 Å². The average Bonchev–Trinajstić information content (AvgIpc) is 2.75. The van der Waals surface area contributed by atoms with Crippen LogP contribution >= 0.6 is 0 Å². The van der Waals surface area contributed by atoms with Crippen LogP contribution < -0.4 is 14.2 Å². The van der Waals surface area contributed by atoms with Gasteiger partial charge in [0.2, 0.25) is 0 Å². The number of likely N-dealkylation sites (tertiary alicyclic amines) is 1. The van der Waals surface area contributed by atoms with Gasteiger partial charge in [-0.25, -0.2) is 0 Å². The summed E-state index contributed by atoms with van der Waals surface area (Å²) in [7, 11) is 3.26. The zero-order valence-corrected chi connectivity index (χ0v) is 17.4. The lowest BCUT2D eigenvalue weighted by molar-refractivity contribution is 0.219. The first-order valence-corrected chi connectivity index (χ1v) is 10.2. The van der Waals surface area contributed by atoms with E-state index in [1.807, 2.05) is 18.2 Å². The van der Waals surface area contributed by atoms with Gasteiger partial charge in [-0.3, -0.25) is 9.88 Å². The molecule has 5 heteroatoms. The Bertz CT molecular complexity index is 997. The van der Waals surface area contributed by atoms with Gasteiger partial charge in [0.05, 0.1) is 19.7 Å². The molecule has 29 heavy (non-hydrogen) atoms. The van der Waals surface area contributed by atoms with Gasteiger partial charge in [0.25, 0.3) is 0 Å². The molecule has 1 aromatic heterocycles. The molecule has 1 saturated heterocycles. The van der Waals surface area contributed by atoms with Crippen molar-refractivity contribution in [3.8, 4) is 23.0 Å². The normalized spacial score (nSPS) is 14.7. The minimum Gasteiger partial charge on any atom is -0.493 e. The number of ether oxygens (including phenoxy) is 3. The minimum absolute atomic E-state index is 0.658. The van der Waals surface area contributed by atoms with Crippen LogP contribution in [0.3, 0.4) is 0 Å². The molecule has 0 N–H and O–H groups in total. The maximum Gasteiger partial charge on any atom is 0.162 e. The van der Waals surface area contributed by atoms with E-state index in [0.29, 0.717) is 11.5 Å². The molecule has 0 radical (unpaired) electrons. The van der Waals surface area contributed by atoms with Crippen LogP contribution in [0.25, 0.3) is 10.9 Å². The fraction of sp³-hybridized carbons (Fsp3) is 0.375. The second kappa shape index (κ2) is 8.70. The number of aromatic nitrogens is 1. The highest BCUT2D eigenvalue weighted by Crippen LogP contribution is 2.37. The van der Waals surface area contributed by atoms with Gasteiger partial charge < -0.3 is 14.2 Å². The smallest absolute Gasteiger partial charge is 0.162 e. The molecular formula is C24H28N2O3. The van der Waals surface area contributed by atoms with Crippen LogP contribution in [0, 0.1) is 6.92 Å². The molecule has 1 fully saturated rings. The Morgan fingerprint density at radius 3 is 2.38 bits per heavy atom. The van der Waals surface area contributed by atoms with Crippen LogP contribution in [0.1, 0.15) is 30.4 Å². The summed E-state index contributed by atoms with van der Waals surface area (Å²) in [6.07, 6.45) is 5.65. The Labute approximate surface area is 172 Å². The maximum atomic E-state index is 6.43. The summed E-state index contributed by atoms with van der Waals surface area (Å²) in [5.41, 5.74) is 3.28. The Balaban J connectivity index is 1.69. The predicted molar refractivity (Wildman–Crippen MR) is 115 cm³/mol. The van der Waals surface area contributed by atoms with E-state index < -0.39 is 0 Å². The summed E-state index contributed by atoms with van der Waals surface area (Å²) in [6.45, 7) is 5.35. The van der Waals surface area contributed by atoms with Gasteiger partial charge in [0, 0.05) is 29.8 Å². The highest BCUT2D eigenvalue weighted by atomic mass is 16.5. The van der Waals surface area contributed by atoms with Crippen molar-refractivity contribution in [1.29, 1.82) is 0 Å². The van der Waals surface area contributed by atoms with Crippen LogP contribution in [0.4, 0.5) is 0 Å². The van der Waals surface area contributed by atoms with Gasteiger partial charge in [-0.1, -0.05) is 24.1 Å². The molecule has 0 atom stereocenters. The van der Waals surface area contributed by atoms with Gasteiger partial charge in [0.15, 0.2) is 11.5 Å². The van der Waals surface area contributed by atoms with E-state index in [1.54, 1.807) is 20.4 Å². The Morgan fingerprint density at radius 1 is 0.862 bits per heavy atom. The number of nitrogens with zero attached hydrogens (tertiary/aromatic N) is 2. The van der Waals surface area contributed by atoms with Crippen LogP contribution in [-0.4, -0.2) is 37.2 Å². The molecule has 4 rings (SSSR count). The molecule has 0 aliphatic carbocycles. The molecule has 0 saturated carbocycles. The summed E-state index contributed by atoms with van der Waals surface area (Å²) in [5, 5.41) is 0.898. The molecule has 0 spiro atoms. The van der Waals surface area contributed by atoms with Crippen molar-refractivity contribution in [2.45, 2.75) is 32.7 Å². The maximum absolute atomic E-state index is 6.43. The Morgan fingerprint density at radius 2 is 1.62 bits per heavy atom. The highest BCUT2D eigenvalue weighted by Gasteiger charge is 2.16. The summed E-state index contributed by atoms with van der Waals surface area (Å²) < 4.78 is 17.3. The molecule has 152 valence electrons. The van der Waals surface area contributed by atoms with Gasteiger partial charge in [0.1, 0.15) is 11.5 Å². The van der Waals surface area contributed by atoms with Crippen molar-refractivity contribution >= 4 is 10.9 Å². The van der Waals surface area contributed by atoms with E-state index in [2.05, 4.69) is 35.0 Å². The summed E-state index contributed by atoms with van der Waals surface area (Å²) >= 11 is 0. The number of pyridine rings is 1. The van der Waals surface area contributed by atoms with Crippen molar-refractivity contribution in [3.05, 3.63) is 53.7 Å². The van der Waals surface area contributed by atoms with Gasteiger partial charge in [-0.2, -0.15) is 0 Å². The number of fused-ring (bicyclic) bond motifs is 1. The molecule has 3 aromatic rings. The van der Waals surface area contributed by atoms with E-state index in [-0.39, 0.29) is 0 Å². The third-order valence-corrected chi connectivity index (χ3v) is 5.49. The van der Waals surface area contributed by atoms with Crippen molar-refractivity contribution in [2.24, 2.45) is 0 Å². The monoisotopic (exact) mass is 392 g/mol. The molecule has 1 aliphatic heterocycles. The number of methoxy groups -OCH3 is 2. The number of benzene rings is 2. The number of hydrogen-bond donors (Lipinski definition) is 0. The third-order valence-electron chi connectivity index (χ3n) is 5.49. The fourth-order valence-electron chi connectivity index (χ4n) is 3.94. The Kier molecular flexibility index (Phi) is 5.86. The molecule has 0 unspecified atom stereocenters. The first-order valence-electron chi connectivity index (χ1n) is 10.2. The molecule has 0 bridgehead atoms. The molecule has 2 aromatic carbocycles.